The second-order valence-corrected chi connectivity index (χ2v) is 3.86. The molecular formula is C13H15FN2O. The highest BCUT2D eigenvalue weighted by molar-refractivity contribution is 5.25. The Kier molecular flexibility index (Phi) is 3.77. The SMILES string of the molecule is Nc1ccc(CNCCc2ccc(F)cc2)o1. The van der Waals surface area contributed by atoms with Crippen molar-refractivity contribution in [3.8, 4) is 0 Å². The normalized spacial score (nSPS) is 10.6. The van der Waals surface area contributed by atoms with Gasteiger partial charge >= 0.3 is 0 Å². The van der Waals surface area contributed by atoms with E-state index in [2.05, 4.69) is 5.32 Å². The number of anilines is 1. The first kappa shape index (κ1) is 11.7. The van der Waals surface area contributed by atoms with Crippen LogP contribution in [0.4, 0.5) is 10.3 Å². The fraction of sp³-hybridized carbons (Fsp3) is 0.231. The van der Waals surface area contributed by atoms with Crippen LogP contribution >= 0.6 is 0 Å². The van der Waals surface area contributed by atoms with E-state index in [9.17, 15) is 4.39 Å². The molecule has 0 radical (unpaired) electrons. The second-order valence-electron chi connectivity index (χ2n) is 3.86. The average Bonchev–Trinajstić information content (AvgIpc) is 2.73. The summed E-state index contributed by atoms with van der Waals surface area (Å²) in [5.74, 6) is 1.05. The first-order valence-corrected chi connectivity index (χ1v) is 5.53. The van der Waals surface area contributed by atoms with Gasteiger partial charge in [0.2, 0.25) is 0 Å². The number of benzene rings is 1. The molecule has 3 N–H and O–H groups in total. The van der Waals surface area contributed by atoms with Crippen LogP contribution in [0.5, 0.6) is 0 Å². The minimum atomic E-state index is -0.201. The molecule has 0 bridgehead atoms. The van der Waals surface area contributed by atoms with Gasteiger partial charge in [0.1, 0.15) is 11.6 Å². The molecule has 0 fully saturated rings. The predicted octanol–water partition coefficient (Wildman–Crippen LogP) is 2.33. The molecule has 90 valence electrons. The maximum Gasteiger partial charge on any atom is 0.190 e. The lowest BCUT2D eigenvalue weighted by Crippen LogP contribution is -2.16. The minimum Gasteiger partial charge on any atom is -0.445 e. The van der Waals surface area contributed by atoms with Crippen LogP contribution in [-0.4, -0.2) is 6.54 Å². The third-order valence-electron chi connectivity index (χ3n) is 2.49. The number of hydrogen-bond acceptors (Lipinski definition) is 3. The smallest absolute Gasteiger partial charge is 0.190 e. The summed E-state index contributed by atoms with van der Waals surface area (Å²) in [4.78, 5) is 0. The number of hydrogen-bond donors (Lipinski definition) is 2. The van der Waals surface area contributed by atoms with Crippen molar-refractivity contribution < 1.29 is 8.81 Å². The molecular weight excluding hydrogens is 219 g/mol. The predicted molar refractivity (Wildman–Crippen MR) is 64.9 cm³/mol. The Balaban J connectivity index is 1.71. The number of halogens is 1. The molecule has 1 aromatic heterocycles. The summed E-state index contributed by atoms with van der Waals surface area (Å²) in [7, 11) is 0. The Bertz CT molecular complexity index is 465. The highest BCUT2D eigenvalue weighted by Crippen LogP contribution is 2.08. The van der Waals surface area contributed by atoms with Gasteiger partial charge in [0, 0.05) is 6.07 Å². The Morgan fingerprint density at radius 3 is 2.53 bits per heavy atom. The van der Waals surface area contributed by atoms with E-state index in [1.165, 1.54) is 12.1 Å². The van der Waals surface area contributed by atoms with Gasteiger partial charge in [-0.3, -0.25) is 0 Å². The molecule has 0 aliphatic heterocycles. The van der Waals surface area contributed by atoms with Gasteiger partial charge in [-0.05, 0) is 36.7 Å². The van der Waals surface area contributed by atoms with Crippen molar-refractivity contribution in [3.63, 3.8) is 0 Å². The van der Waals surface area contributed by atoms with Gasteiger partial charge in [0.15, 0.2) is 5.88 Å². The van der Waals surface area contributed by atoms with E-state index in [1.54, 1.807) is 18.2 Å². The van der Waals surface area contributed by atoms with Crippen LogP contribution in [0.1, 0.15) is 11.3 Å². The van der Waals surface area contributed by atoms with Gasteiger partial charge in [-0.25, -0.2) is 4.39 Å². The largest absolute Gasteiger partial charge is 0.445 e. The first-order chi connectivity index (χ1) is 8.24. The molecule has 0 saturated heterocycles. The maximum absolute atomic E-state index is 12.7. The van der Waals surface area contributed by atoms with Gasteiger partial charge in [-0.15, -0.1) is 0 Å². The molecule has 1 heterocycles. The highest BCUT2D eigenvalue weighted by Gasteiger charge is 1.98. The Morgan fingerprint density at radius 1 is 1.12 bits per heavy atom. The number of nitrogens with one attached hydrogen (secondary N) is 1. The van der Waals surface area contributed by atoms with Gasteiger partial charge in [-0.2, -0.15) is 0 Å². The average molecular weight is 234 g/mol. The molecule has 2 aromatic rings. The summed E-state index contributed by atoms with van der Waals surface area (Å²) in [6, 6.07) is 10.1. The van der Waals surface area contributed by atoms with Crippen LogP contribution in [0.2, 0.25) is 0 Å². The van der Waals surface area contributed by atoms with Crippen molar-refractivity contribution in [3.05, 3.63) is 53.5 Å². The Morgan fingerprint density at radius 2 is 1.88 bits per heavy atom. The molecule has 0 aliphatic carbocycles. The molecule has 0 aliphatic rings. The number of furan rings is 1. The molecule has 3 nitrogen and oxygen atoms in total. The van der Waals surface area contributed by atoms with Crippen molar-refractivity contribution in [2.24, 2.45) is 0 Å². The Labute approximate surface area is 99.4 Å². The summed E-state index contributed by atoms with van der Waals surface area (Å²) >= 11 is 0. The van der Waals surface area contributed by atoms with Gasteiger partial charge in [0.05, 0.1) is 6.54 Å². The van der Waals surface area contributed by atoms with E-state index < -0.39 is 0 Å². The summed E-state index contributed by atoms with van der Waals surface area (Å²) < 4.78 is 17.9. The van der Waals surface area contributed by atoms with Crippen LogP contribution in [0.25, 0.3) is 0 Å². The summed E-state index contributed by atoms with van der Waals surface area (Å²) in [5.41, 5.74) is 6.57. The van der Waals surface area contributed by atoms with E-state index >= 15 is 0 Å². The molecule has 0 saturated carbocycles. The van der Waals surface area contributed by atoms with Crippen LogP contribution in [-0.2, 0) is 13.0 Å². The van der Waals surface area contributed by atoms with E-state index in [1.807, 2.05) is 6.07 Å². The molecule has 1 aromatic carbocycles. The highest BCUT2D eigenvalue weighted by atomic mass is 19.1. The van der Waals surface area contributed by atoms with E-state index in [0.717, 1.165) is 24.3 Å². The lowest BCUT2D eigenvalue weighted by molar-refractivity contribution is 0.498. The van der Waals surface area contributed by atoms with E-state index in [-0.39, 0.29) is 5.82 Å². The molecule has 17 heavy (non-hydrogen) atoms. The molecule has 0 unspecified atom stereocenters. The van der Waals surface area contributed by atoms with Crippen LogP contribution in [0.3, 0.4) is 0 Å². The summed E-state index contributed by atoms with van der Waals surface area (Å²) in [6.07, 6.45) is 0.858. The van der Waals surface area contributed by atoms with E-state index in [0.29, 0.717) is 12.4 Å². The van der Waals surface area contributed by atoms with Crippen molar-refractivity contribution >= 4 is 5.88 Å². The van der Waals surface area contributed by atoms with Crippen molar-refractivity contribution in [1.29, 1.82) is 0 Å². The fourth-order valence-electron chi connectivity index (χ4n) is 1.58. The fourth-order valence-corrected chi connectivity index (χ4v) is 1.58. The molecule has 0 amide bonds. The zero-order chi connectivity index (χ0) is 12.1. The van der Waals surface area contributed by atoms with Gasteiger partial charge < -0.3 is 15.5 Å². The number of nitrogen functional groups attached to an aromatic ring is 1. The Hall–Kier alpha value is -1.81. The van der Waals surface area contributed by atoms with Crippen molar-refractivity contribution in [1.82, 2.24) is 5.32 Å². The third kappa shape index (κ3) is 3.60. The molecule has 2 rings (SSSR count). The zero-order valence-corrected chi connectivity index (χ0v) is 9.45. The van der Waals surface area contributed by atoms with Crippen LogP contribution < -0.4 is 11.1 Å². The van der Waals surface area contributed by atoms with Gasteiger partial charge in [0.25, 0.3) is 0 Å². The monoisotopic (exact) mass is 234 g/mol. The minimum absolute atomic E-state index is 0.201. The van der Waals surface area contributed by atoms with Crippen LogP contribution in [0.15, 0.2) is 40.8 Å². The second kappa shape index (κ2) is 5.50. The summed E-state index contributed by atoms with van der Waals surface area (Å²) in [5, 5.41) is 3.24. The van der Waals surface area contributed by atoms with Gasteiger partial charge in [-0.1, -0.05) is 12.1 Å². The van der Waals surface area contributed by atoms with Crippen LogP contribution in [0, 0.1) is 5.82 Å². The maximum atomic E-state index is 12.7. The standard InChI is InChI=1S/C13H15FN2O/c14-11-3-1-10(2-4-11)7-8-16-9-12-5-6-13(15)17-12/h1-6,16H,7-9,15H2. The molecule has 4 heteroatoms. The molecule has 0 spiro atoms. The molecule has 0 atom stereocenters. The quantitative estimate of drug-likeness (QED) is 0.781. The summed E-state index contributed by atoms with van der Waals surface area (Å²) in [6.45, 7) is 1.46. The number of rotatable bonds is 5. The lowest BCUT2D eigenvalue weighted by Gasteiger charge is -2.03. The van der Waals surface area contributed by atoms with Crippen molar-refractivity contribution in [2.75, 3.05) is 12.3 Å². The van der Waals surface area contributed by atoms with Crippen molar-refractivity contribution in [2.45, 2.75) is 13.0 Å². The lowest BCUT2D eigenvalue weighted by atomic mass is 10.1. The first-order valence-electron chi connectivity index (χ1n) is 5.53. The van der Waals surface area contributed by atoms with E-state index in [4.69, 9.17) is 10.2 Å². The third-order valence-corrected chi connectivity index (χ3v) is 2.49. The topological polar surface area (TPSA) is 51.2 Å². The number of nitrogens with two attached hydrogens (primary N) is 1. The zero-order valence-electron chi connectivity index (χ0n) is 9.45.